The van der Waals surface area contributed by atoms with E-state index in [1.54, 1.807) is 0 Å². The maximum Gasteiger partial charge on any atom is 0.0139 e. The fourth-order valence-electron chi connectivity index (χ4n) is 1.21. The van der Waals surface area contributed by atoms with Crippen molar-refractivity contribution >= 4 is 0 Å². The van der Waals surface area contributed by atoms with Crippen molar-refractivity contribution in [3.05, 3.63) is 0 Å². The van der Waals surface area contributed by atoms with E-state index >= 15 is 0 Å². The van der Waals surface area contributed by atoms with Crippen LogP contribution < -0.4 is 11.1 Å². The molecular weight excluding hydrogens is 124 g/mol. The van der Waals surface area contributed by atoms with Crippen molar-refractivity contribution in [3.8, 4) is 0 Å². The number of nitrogens with one attached hydrogen (secondary N) is 1. The highest BCUT2D eigenvalue weighted by Gasteiger charge is 2.16. The third kappa shape index (κ3) is 4.77. The van der Waals surface area contributed by atoms with Crippen molar-refractivity contribution in [1.29, 1.82) is 0 Å². The maximum atomic E-state index is 5.45. The van der Waals surface area contributed by atoms with Gasteiger partial charge >= 0.3 is 0 Å². The summed E-state index contributed by atoms with van der Waals surface area (Å²) in [5, 5.41) is 3.44. The normalized spacial score (nSPS) is 12.6. The minimum absolute atomic E-state index is 0.197. The fraction of sp³-hybridized carbons (Fsp3) is 1.00. The summed E-state index contributed by atoms with van der Waals surface area (Å²) in [6, 6.07) is 0.543. The average molecular weight is 144 g/mol. The van der Waals surface area contributed by atoms with Crippen LogP contribution in [0.2, 0.25) is 0 Å². The Bertz CT molecular complexity index is 87.3. The molecule has 0 unspecified atom stereocenters. The zero-order valence-corrected chi connectivity index (χ0v) is 7.57. The molecule has 0 rings (SSSR count). The third-order valence-corrected chi connectivity index (χ3v) is 1.45. The van der Waals surface area contributed by atoms with Gasteiger partial charge in [0, 0.05) is 11.6 Å². The smallest absolute Gasteiger partial charge is 0.0139 e. The Labute approximate surface area is 64.2 Å². The van der Waals surface area contributed by atoms with Gasteiger partial charge in [0.05, 0.1) is 0 Å². The van der Waals surface area contributed by atoms with Gasteiger partial charge in [0.2, 0.25) is 0 Å². The largest absolute Gasteiger partial charge is 0.330 e. The first kappa shape index (κ1) is 9.92. The van der Waals surface area contributed by atoms with Crippen molar-refractivity contribution in [1.82, 2.24) is 5.32 Å². The maximum absolute atomic E-state index is 5.45. The Balaban J connectivity index is 3.63. The van der Waals surface area contributed by atoms with Crippen LogP contribution in [-0.4, -0.2) is 18.1 Å². The molecule has 0 saturated carbocycles. The summed E-state index contributed by atoms with van der Waals surface area (Å²) in [6.45, 7) is 9.42. The topological polar surface area (TPSA) is 38.0 Å². The first-order chi connectivity index (χ1) is 4.48. The van der Waals surface area contributed by atoms with E-state index in [4.69, 9.17) is 5.73 Å². The lowest BCUT2D eigenvalue weighted by Gasteiger charge is -2.28. The molecule has 0 amide bonds. The Morgan fingerprint density at radius 2 is 1.90 bits per heavy atom. The number of hydrogen-bond donors (Lipinski definition) is 2. The van der Waals surface area contributed by atoms with Crippen molar-refractivity contribution in [2.45, 2.75) is 45.7 Å². The highest BCUT2D eigenvalue weighted by Crippen LogP contribution is 2.07. The molecule has 0 spiro atoms. The van der Waals surface area contributed by atoms with Crippen LogP contribution in [0.15, 0.2) is 0 Å². The van der Waals surface area contributed by atoms with Crippen LogP contribution in [0.25, 0.3) is 0 Å². The second-order valence-corrected chi connectivity index (χ2v) is 3.72. The van der Waals surface area contributed by atoms with E-state index < -0.39 is 0 Å². The molecule has 0 aromatic carbocycles. The Morgan fingerprint density at radius 1 is 1.40 bits per heavy atom. The van der Waals surface area contributed by atoms with Gasteiger partial charge in [0.1, 0.15) is 0 Å². The van der Waals surface area contributed by atoms with E-state index in [1.807, 2.05) is 0 Å². The second kappa shape index (κ2) is 3.94. The molecule has 0 aliphatic rings. The lowest BCUT2D eigenvalue weighted by Crippen LogP contribution is -2.44. The Hall–Kier alpha value is -0.0800. The lowest BCUT2D eigenvalue weighted by molar-refractivity contribution is 0.337. The summed E-state index contributed by atoms with van der Waals surface area (Å²) in [5.74, 6) is 0. The SMILES string of the molecule is CC(C)NC(C)(C)CCN. The predicted octanol–water partition coefficient (Wildman–Crippen LogP) is 1.11. The van der Waals surface area contributed by atoms with Crippen molar-refractivity contribution < 1.29 is 0 Å². The second-order valence-electron chi connectivity index (χ2n) is 3.72. The summed E-state index contributed by atoms with van der Waals surface area (Å²) in [4.78, 5) is 0. The quantitative estimate of drug-likeness (QED) is 0.620. The average Bonchev–Trinajstić information content (AvgIpc) is 1.59. The van der Waals surface area contributed by atoms with E-state index in [-0.39, 0.29) is 5.54 Å². The van der Waals surface area contributed by atoms with Gasteiger partial charge in [0.25, 0.3) is 0 Å². The van der Waals surface area contributed by atoms with Crippen LogP contribution in [0.5, 0.6) is 0 Å². The van der Waals surface area contributed by atoms with Crippen molar-refractivity contribution in [2.75, 3.05) is 6.54 Å². The summed E-state index contributed by atoms with van der Waals surface area (Å²) in [5.41, 5.74) is 5.65. The van der Waals surface area contributed by atoms with Crippen LogP contribution in [0.1, 0.15) is 34.1 Å². The lowest BCUT2D eigenvalue weighted by atomic mass is 10.00. The molecule has 10 heavy (non-hydrogen) atoms. The first-order valence-electron chi connectivity index (χ1n) is 3.96. The van der Waals surface area contributed by atoms with Crippen LogP contribution in [-0.2, 0) is 0 Å². The van der Waals surface area contributed by atoms with Crippen molar-refractivity contribution in [2.24, 2.45) is 5.73 Å². The first-order valence-corrected chi connectivity index (χ1v) is 3.96. The molecule has 0 aromatic heterocycles. The Kier molecular flexibility index (Phi) is 3.91. The van der Waals surface area contributed by atoms with Crippen LogP contribution in [0, 0.1) is 0 Å². The Morgan fingerprint density at radius 3 is 2.20 bits per heavy atom. The number of hydrogen-bond acceptors (Lipinski definition) is 2. The minimum atomic E-state index is 0.197. The molecule has 0 atom stereocenters. The molecule has 0 aliphatic carbocycles. The highest BCUT2D eigenvalue weighted by molar-refractivity contribution is 4.79. The van der Waals surface area contributed by atoms with Crippen LogP contribution in [0.4, 0.5) is 0 Å². The van der Waals surface area contributed by atoms with Gasteiger partial charge in [-0.2, -0.15) is 0 Å². The van der Waals surface area contributed by atoms with Gasteiger partial charge in [-0.25, -0.2) is 0 Å². The third-order valence-electron chi connectivity index (χ3n) is 1.45. The number of nitrogens with two attached hydrogens (primary N) is 1. The van der Waals surface area contributed by atoms with Gasteiger partial charge in [-0.1, -0.05) is 13.8 Å². The molecule has 0 heterocycles. The van der Waals surface area contributed by atoms with E-state index in [1.165, 1.54) is 0 Å². The molecule has 62 valence electrons. The van der Waals surface area contributed by atoms with Crippen molar-refractivity contribution in [3.63, 3.8) is 0 Å². The van der Waals surface area contributed by atoms with E-state index in [0.29, 0.717) is 6.04 Å². The van der Waals surface area contributed by atoms with E-state index in [0.717, 1.165) is 13.0 Å². The van der Waals surface area contributed by atoms with Crippen LogP contribution >= 0.6 is 0 Å². The molecule has 0 fully saturated rings. The minimum Gasteiger partial charge on any atom is -0.330 e. The molecule has 0 aromatic rings. The zero-order valence-electron chi connectivity index (χ0n) is 7.57. The van der Waals surface area contributed by atoms with E-state index in [9.17, 15) is 0 Å². The van der Waals surface area contributed by atoms with Gasteiger partial charge in [-0.05, 0) is 26.8 Å². The summed E-state index contributed by atoms with van der Waals surface area (Å²) < 4.78 is 0. The van der Waals surface area contributed by atoms with Gasteiger partial charge in [-0.3, -0.25) is 0 Å². The molecule has 0 bridgehead atoms. The summed E-state index contributed by atoms with van der Waals surface area (Å²) >= 11 is 0. The summed E-state index contributed by atoms with van der Waals surface area (Å²) in [6.07, 6.45) is 1.03. The van der Waals surface area contributed by atoms with E-state index in [2.05, 4.69) is 33.0 Å². The van der Waals surface area contributed by atoms with Gasteiger partial charge in [-0.15, -0.1) is 0 Å². The van der Waals surface area contributed by atoms with Gasteiger partial charge in [0.15, 0.2) is 0 Å². The predicted molar refractivity (Wildman–Crippen MR) is 46.0 cm³/mol. The standard InChI is InChI=1S/C8H20N2/c1-7(2)10-8(3,4)5-6-9/h7,10H,5-6,9H2,1-4H3. The molecular formula is C8H20N2. The molecule has 0 aliphatic heterocycles. The molecule has 3 N–H and O–H groups in total. The highest BCUT2D eigenvalue weighted by atomic mass is 15.0. The molecule has 2 heteroatoms. The molecule has 0 saturated heterocycles. The fourth-order valence-corrected chi connectivity index (χ4v) is 1.21. The summed E-state index contributed by atoms with van der Waals surface area (Å²) in [7, 11) is 0. The van der Waals surface area contributed by atoms with Crippen LogP contribution in [0.3, 0.4) is 0 Å². The molecule has 2 nitrogen and oxygen atoms in total. The molecule has 0 radical (unpaired) electrons. The monoisotopic (exact) mass is 144 g/mol. The number of rotatable bonds is 4. The van der Waals surface area contributed by atoms with Gasteiger partial charge < -0.3 is 11.1 Å². The zero-order chi connectivity index (χ0) is 8.20.